The molecule has 0 spiro atoms. The molecule has 5 nitrogen and oxygen atoms in total. The summed E-state index contributed by atoms with van der Waals surface area (Å²) in [7, 11) is 1.58. The Kier molecular flexibility index (Phi) is 5.70. The first-order chi connectivity index (χ1) is 9.36. The van der Waals surface area contributed by atoms with Gasteiger partial charge in [-0.05, 0) is 25.8 Å². The number of carbonyl (C=O) groups is 2. The van der Waals surface area contributed by atoms with E-state index in [0.29, 0.717) is 6.42 Å². The van der Waals surface area contributed by atoms with Gasteiger partial charge in [0.2, 0.25) is 11.8 Å². The lowest BCUT2D eigenvalue weighted by atomic mass is 9.92. The van der Waals surface area contributed by atoms with E-state index in [9.17, 15) is 9.59 Å². The smallest absolute Gasteiger partial charge is 0.237 e. The summed E-state index contributed by atoms with van der Waals surface area (Å²) in [6.07, 6.45) is 0.479. The topological polar surface area (TPSA) is 84.2 Å². The first-order valence-corrected chi connectivity index (χ1v) is 6.66. The first kappa shape index (κ1) is 16.2. The fraction of sp³-hybridized carbons (Fsp3) is 0.467. The molecule has 0 bridgehead atoms. The molecule has 1 aromatic rings. The molecule has 0 unspecified atom stereocenters. The van der Waals surface area contributed by atoms with Crippen molar-refractivity contribution in [1.82, 2.24) is 10.6 Å². The molecule has 0 aliphatic carbocycles. The fourth-order valence-corrected chi connectivity index (χ4v) is 1.82. The third kappa shape index (κ3) is 4.66. The van der Waals surface area contributed by atoms with Crippen molar-refractivity contribution in [3.63, 3.8) is 0 Å². The van der Waals surface area contributed by atoms with Crippen molar-refractivity contribution in [2.24, 2.45) is 11.1 Å². The average molecular weight is 277 g/mol. The van der Waals surface area contributed by atoms with E-state index in [0.717, 1.165) is 5.56 Å². The van der Waals surface area contributed by atoms with Crippen molar-refractivity contribution in [1.29, 1.82) is 0 Å². The lowest BCUT2D eigenvalue weighted by Gasteiger charge is -2.23. The van der Waals surface area contributed by atoms with Crippen LogP contribution in [0.4, 0.5) is 0 Å². The molecule has 2 amide bonds. The number of rotatable bonds is 6. The molecular formula is C15H23N3O2. The molecule has 0 saturated carbocycles. The predicted molar refractivity (Wildman–Crippen MR) is 79.0 cm³/mol. The van der Waals surface area contributed by atoms with Gasteiger partial charge in [-0.25, -0.2) is 0 Å². The summed E-state index contributed by atoms with van der Waals surface area (Å²) < 4.78 is 0. The van der Waals surface area contributed by atoms with Crippen molar-refractivity contribution in [3.05, 3.63) is 35.9 Å². The Hall–Kier alpha value is -1.88. The number of hydrogen-bond donors (Lipinski definition) is 3. The molecule has 110 valence electrons. The van der Waals surface area contributed by atoms with Crippen LogP contribution >= 0.6 is 0 Å². The minimum atomic E-state index is -0.656. The molecule has 0 heterocycles. The molecule has 0 aromatic heterocycles. The average Bonchev–Trinajstić information content (AvgIpc) is 2.44. The van der Waals surface area contributed by atoms with E-state index in [4.69, 9.17) is 5.73 Å². The summed E-state index contributed by atoms with van der Waals surface area (Å²) >= 11 is 0. The van der Waals surface area contributed by atoms with Gasteiger partial charge >= 0.3 is 0 Å². The number of benzene rings is 1. The fourth-order valence-electron chi connectivity index (χ4n) is 1.82. The largest absolute Gasteiger partial charge is 0.359 e. The van der Waals surface area contributed by atoms with Gasteiger partial charge in [-0.1, -0.05) is 30.3 Å². The van der Waals surface area contributed by atoms with Crippen LogP contribution in [0.15, 0.2) is 30.3 Å². The first-order valence-electron chi connectivity index (χ1n) is 6.66. The number of hydrogen-bond acceptors (Lipinski definition) is 3. The maximum Gasteiger partial charge on any atom is 0.237 e. The van der Waals surface area contributed by atoms with Gasteiger partial charge in [0.25, 0.3) is 0 Å². The summed E-state index contributed by atoms with van der Waals surface area (Å²) in [5.74, 6) is -0.361. The van der Waals surface area contributed by atoms with Crippen LogP contribution in [0.3, 0.4) is 0 Å². The number of carbonyl (C=O) groups excluding carboxylic acids is 2. The minimum absolute atomic E-state index is 0.116. The van der Waals surface area contributed by atoms with Gasteiger partial charge in [0.1, 0.15) is 0 Å². The van der Waals surface area contributed by atoms with E-state index in [-0.39, 0.29) is 18.4 Å². The molecule has 1 atom stereocenters. The van der Waals surface area contributed by atoms with Gasteiger partial charge in [0, 0.05) is 13.6 Å². The molecule has 1 aromatic carbocycles. The minimum Gasteiger partial charge on any atom is -0.359 e. The van der Waals surface area contributed by atoms with Crippen molar-refractivity contribution < 1.29 is 9.59 Å². The number of amides is 2. The predicted octanol–water partition coefficient (Wildman–Crippen LogP) is 0.445. The SMILES string of the molecule is CNC(=O)C(C)(C)CNC(=O)[C@@H](N)Cc1ccccc1. The quantitative estimate of drug-likeness (QED) is 0.705. The second-order valence-electron chi connectivity index (χ2n) is 5.48. The lowest BCUT2D eigenvalue weighted by Crippen LogP contribution is -2.48. The van der Waals surface area contributed by atoms with E-state index >= 15 is 0 Å². The molecule has 0 fully saturated rings. The summed E-state index contributed by atoms with van der Waals surface area (Å²) in [5, 5.41) is 5.31. The summed E-state index contributed by atoms with van der Waals surface area (Å²) in [4.78, 5) is 23.6. The zero-order valence-corrected chi connectivity index (χ0v) is 12.3. The van der Waals surface area contributed by atoms with Gasteiger partial charge in [-0.2, -0.15) is 0 Å². The third-order valence-corrected chi connectivity index (χ3v) is 3.18. The highest BCUT2D eigenvalue weighted by Crippen LogP contribution is 2.13. The van der Waals surface area contributed by atoms with Crippen molar-refractivity contribution >= 4 is 11.8 Å². The Morgan fingerprint density at radius 2 is 1.85 bits per heavy atom. The summed E-state index contributed by atoms with van der Waals surface area (Å²) in [5.41, 5.74) is 6.23. The highest BCUT2D eigenvalue weighted by atomic mass is 16.2. The van der Waals surface area contributed by atoms with Gasteiger partial charge in [0.15, 0.2) is 0 Å². The van der Waals surface area contributed by atoms with E-state index in [1.54, 1.807) is 20.9 Å². The Morgan fingerprint density at radius 3 is 2.40 bits per heavy atom. The van der Waals surface area contributed by atoms with Crippen molar-refractivity contribution in [3.8, 4) is 0 Å². The lowest BCUT2D eigenvalue weighted by molar-refractivity contribution is -0.129. The number of nitrogens with one attached hydrogen (secondary N) is 2. The molecule has 0 radical (unpaired) electrons. The van der Waals surface area contributed by atoms with E-state index in [1.165, 1.54) is 0 Å². The van der Waals surface area contributed by atoms with Crippen LogP contribution in [0.5, 0.6) is 0 Å². The molecular weight excluding hydrogens is 254 g/mol. The molecule has 0 saturated heterocycles. The second kappa shape index (κ2) is 7.05. The Balaban J connectivity index is 2.48. The van der Waals surface area contributed by atoms with Crippen LogP contribution < -0.4 is 16.4 Å². The van der Waals surface area contributed by atoms with Crippen LogP contribution in [0.1, 0.15) is 19.4 Å². The van der Waals surface area contributed by atoms with E-state index in [1.807, 2.05) is 30.3 Å². The van der Waals surface area contributed by atoms with Crippen LogP contribution in [0.2, 0.25) is 0 Å². The van der Waals surface area contributed by atoms with Crippen LogP contribution in [0.25, 0.3) is 0 Å². The highest BCUT2D eigenvalue weighted by molar-refractivity contribution is 5.85. The van der Waals surface area contributed by atoms with Crippen LogP contribution in [-0.2, 0) is 16.0 Å². The Labute approximate surface area is 119 Å². The zero-order chi connectivity index (χ0) is 15.2. The molecule has 0 aliphatic heterocycles. The molecule has 1 rings (SSSR count). The summed E-state index contributed by atoms with van der Waals surface area (Å²) in [6, 6.07) is 8.99. The maximum atomic E-state index is 11.9. The zero-order valence-electron chi connectivity index (χ0n) is 12.3. The maximum absolute atomic E-state index is 11.9. The van der Waals surface area contributed by atoms with Crippen LogP contribution in [-0.4, -0.2) is 31.4 Å². The van der Waals surface area contributed by atoms with Gasteiger partial charge in [-0.15, -0.1) is 0 Å². The normalized spacial score (nSPS) is 12.6. The second-order valence-corrected chi connectivity index (χ2v) is 5.48. The van der Waals surface area contributed by atoms with E-state index < -0.39 is 11.5 Å². The Bertz CT molecular complexity index is 457. The van der Waals surface area contributed by atoms with Gasteiger partial charge in [0.05, 0.1) is 11.5 Å². The number of nitrogens with two attached hydrogens (primary N) is 1. The molecule has 20 heavy (non-hydrogen) atoms. The monoisotopic (exact) mass is 277 g/mol. The molecule has 5 heteroatoms. The third-order valence-electron chi connectivity index (χ3n) is 3.18. The highest BCUT2D eigenvalue weighted by Gasteiger charge is 2.27. The van der Waals surface area contributed by atoms with E-state index in [2.05, 4.69) is 10.6 Å². The molecule has 4 N–H and O–H groups in total. The standard InChI is InChI=1S/C15H23N3O2/c1-15(2,14(20)17-3)10-18-13(19)12(16)9-11-7-5-4-6-8-11/h4-8,12H,9-10,16H2,1-3H3,(H,17,20)(H,18,19)/t12-/m0/s1. The van der Waals surface area contributed by atoms with Crippen molar-refractivity contribution in [2.45, 2.75) is 26.3 Å². The van der Waals surface area contributed by atoms with Gasteiger partial charge in [-0.3, -0.25) is 9.59 Å². The van der Waals surface area contributed by atoms with Crippen molar-refractivity contribution in [2.75, 3.05) is 13.6 Å². The van der Waals surface area contributed by atoms with Gasteiger partial charge < -0.3 is 16.4 Å². The summed E-state index contributed by atoms with van der Waals surface area (Å²) in [6.45, 7) is 3.80. The Morgan fingerprint density at radius 1 is 1.25 bits per heavy atom. The molecule has 0 aliphatic rings. The van der Waals surface area contributed by atoms with Crippen LogP contribution in [0, 0.1) is 5.41 Å².